The highest BCUT2D eigenvalue weighted by Crippen LogP contribution is 2.20. The second-order valence-electron chi connectivity index (χ2n) is 17.1. The minimum Gasteiger partial charge on any atom is -0.461 e. The number of carbonyl (C=O) groups is 2. The molecule has 0 unspecified atom stereocenters. The summed E-state index contributed by atoms with van der Waals surface area (Å²) < 4.78 is 11.1. The number of unbranched alkanes of at least 4 members (excludes halogenated alkanes) is 17. The van der Waals surface area contributed by atoms with Crippen LogP contribution in [0.4, 0.5) is 0 Å². The predicted octanol–water partition coefficient (Wildman–Crippen LogP) is 14.1. The largest absolute Gasteiger partial charge is 0.461 e. The van der Waals surface area contributed by atoms with Crippen molar-refractivity contribution in [1.29, 1.82) is 0 Å². The molecule has 0 aromatic carbocycles. The molecule has 0 aliphatic carbocycles. The number of rotatable bonds is 43. The van der Waals surface area contributed by atoms with E-state index >= 15 is 0 Å². The standard InChI is InChI=1S/C50H96N2O4/c1-7-11-21-33-47(34-22-12-8-2)37-31-45-55-49(53)39-25-17-15-19-27-42-52(44-30-29-41-51(5)6)43-28-20-16-18-26-40-50(54)56-46-32-38-48(35-23-13-9-3)36-24-14-10-4/h31-32,37-38,47-48H,7-30,33-36,39-46H2,1-6H3/b37-31-,38-32-. The van der Waals surface area contributed by atoms with E-state index in [4.69, 9.17) is 9.47 Å². The van der Waals surface area contributed by atoms with Crippen molar-refractivity contribution in [1.82, 2.24) is 9.80 Å². The van der Waals surface area contributed by atoms with E-state index in [9.17, 15) is 9.59 Å². The van der Waals surface area contributed by atoms with Gasteiger partial charge in [0, 0.05) is 12.8 Å². The van der Waals surface area contributed by atoms with Crippen LogP contribution < -0.4 is 0 Å². The lowest BCUT2D eigenvalue weighted by atomic mass is 9.94. The molecule has 0 heterocycles. The Kier molecular flexibility index (Phi) is 41.7. The van der Waals surface area contributed by atoms with Gasteiger partial charge in [-0.1, -0.05) is 168 Å². The molecule has 330 valence electrons. The van der Waals surface area contributed by atoms with Crippen molar-refractivity contribution < 1.29 is 19.1 Å². The summed E-state index contributed by atoms with van der Waals surface area (Å²) in [5.74, 6) is 1.17. The van der Waals surface area contributed by atoms with Gasteiger partial charge >= 0.3 is 11.9 Å². The molecule has 0 aliphatic rings. The average molecular weight is 789 g/mol. The summed E-state index contributed by atoms with van der Waals surface area (Å²) >= 11 is 0. The number of allylic oxidation sites excluding steroid dienone is 2. The zero-order chi connectivity index (χ0) is 41.2. The maximum Gasteiger partial charge on any atom is 0.306 e. The molecule has 0 saturated carbocycles. The van der Waals surface area contributed by atoms with E-state index in [0.717, 1.165) is 32.2 Å². The topological polar surface area (TPSA) is 59.1 Å². The Balaban J connectivity index is 4.23. The van der Waals surface area contributed by atoms with E-state index in [-0.39, 0.29) is 11.9 Å². The molecule has 0 aromatic rings. The lowest BCUT2D eigenvalue weighted by Gasteiger charge is -2.23. The summed E-state index contributed by atoms with van der Waals surface area (Å²) in [7, 11) is 4.32. The van der Waals surface area contributed by atoms with Gasteiger partial charge in [-0.2, -0.15) is 0 Å². The first kappa shape index (κ1) is 54.3. The molecule has 6 heteroatoms. The number of hydrogen-bond acceptors (Lipinski definition) is 6. The van der Waals surface area contributed by atoms with Crippen LogP contribution in [0.3, 0.4) is 0 Å². The van der Waals surface area contributed by atoms with Crippen LogP contribution in [0, 0.1) is 11.8 Å². The van der Waals surface area contributed by atoms with Gasteiger partial charge in [-0.3, -0.25) is 9.59 Å². The fourth-order valence-electron chi connectivity index (χ4n) is 7.59. The Morgan fingerprint density at radius 1 is 0.429 bits per heavy atom. The third-order valence-corrected chi connectivity index (χ3v) is 11.3. The molecule has 0 fully saturated rings. The zero-order valence-corrected chi connectivity index (χ0v) is 38.4. The third-order valence-electron chi connectivity index (χ3n) is 11.3. The van der Waals surface area contributed by atoms with Crippen molar-refractivity contribution in [3.63, 3.8) is 0 Å². The van der Waals surface area contributed by atoms with Crippen LogP contribution >= 0.6 is 0 Å². The molecular weight excluding hydrogens is 693 g/mol. The molecular formula is C50H96N2O4. The second-order valence-corrected chi connectivity index (χ2v) is 17.1. The highest BCUT2D eigenvalue weighted by atomic mass is 16.5. The Labute approximate surface area is 349 Å². The molecule has 0 amide bonds. The molecule has 0 N–H and O–H groups in total. The van der Waals surface area contributed by atoms with Crippen molar-refractivity contribution >= 4 is 11.9 Å². The van der Waals surface area contributed by atoms with Gasteiger partial charge in [-0.15, -0.1) is 0 Å². The molecule has 0 spiro atoms. The van der Waals surface area contributed by atoms with Crippen LogP contribution in [0.15, 0.2) is 24.3 Å². The molecule has 0 rings (SSSR count). The highest BCUT2D eigenvalue weighted by Gasteiger charge is 2.09. The molecule has 0 saturated heterocycles. The van der Waals surface area contributed by atoms with Gasteiger partial charge in [-0.05, 0) is 116 Å². The number of carbonyl (C=O) groups excluding carboxylic acids is 2. The van der Waals surface area contributed by atoms with Crippen molar-refractivity contribution in [3.05, 3.63) is 24.3 Å². The summed E-state index contributed by atoms with van der Waals surface area (Å²) in [6, 6.07) is 0. The van der Waals surface area contributed by atoms with Crippen LogP contribution in [0.25, 0.3) is 0 Å². The molecule has 6 nitrogen and oxygen atoms in total. The summed E-state index contributed by atoms with van der Waals surface area (Å²) in [4.78, 5) is 29.6. The third kappa shape index (κ3) is 39.2. The lowest BCUT2D eigenvalue weighted by molar-refractivity contribution is -0.143. The number of ether oxygens (including phenoxy) is 2. The number of esters is 2. The molecule has 0 bridgehead atoms. The van der Waals surface area contributed by atoms with Crippen molar-refractivity contribution in [3.8, 4) is 0 Å². The van der Waals surface area contributed by atoms with Crippen LogP contribution in [-0.2, 0) is 19.1 Å². The lowest BCUT2D eigenvalue weighted by Crippen LogP contribution is -2.28. The predicted molar refractivity (Wildman–Crippen MR) is 243 cm³/mol. The number of nitrogens with zero attached hydrogens (tertiary/aromatic N) is 2. The van der Waals surface area contributed by atoms with Crippen LogP contribution in [0.2, 0.25) is 0 Å². The van der Waals surface area contributed by atoms with E-state index in [1.54, 1.807) is 0 Å². The normalized spacial score (nSPS) is 12.1. The maximum atomic E-state index is 12.3. The van der Waals surface area contributed by atoms with E-state index < -0.39 is 0 Å². The number of hydrogen-bond donors (Lipinski definition) is 0. The first-order valence-corrected chi connectivity index (χ1v) is 24.4. The summed E-state index contributed by atoms with van der Waals surface area (Å²) in [5, 5.41) is 0. The Morgan fingerprint density at radius 2 is 0.750 bits per heavy atom. The maximum absolute atomic E-state index is 12.3. The van der Waals surface area contributed by atoms with Crippen LogP contribution in [0.5, 0.6) is 0 Å². The second kappa shape index (κ2) is 42.9. The van der Waals surface area contributed by atoms with E-state index in [2.05, 4.69) is 75.9 Å². The minimum atomic E-state index is -0.0469. The minimum absolute atomic E-state index is 0.0469. The van der Waals surface area contributed by atoms with Gasteiger partial charge < -0.3 is 19.3 Å². The van der Waals surface area contributed by atoms with Gasteiger partial charge in [0.15, 0.2) is 0 Å². The Bertz CT molecular complexity index is 819. The van der Waals surface area contributed by atoms with Gasteiger partial charge in [0.2, 0.25) is 0 Å². The Hall–Kier alpha value is -1.66. The average Bonchev–Trinajstić information content (AvgIpc) is 3.18. The smallest absolute Gasteiger partial charge is 0.306 e. The summed E-state index contributed by atoms with van der Waals surface area (Å²) in [6.07, 6.45) is 44.3. The SMILES string of the molecule is CCCCCC(/C=C\COC(=O)CCCCCCCN(CCCCCCCC(=O)OC/C=C\C(CCCCC)CCCCC)CCCCN(C)C)CCCCC. The molecule has 56 heavy (non-hydrogen) atoms. The molecule has 0 aromatic heterocycles. The fourth-order valence-corrected chi connectivity index (χ4v) is 7.59. The molecule has 0 radical (unpaired) electrons. The quantitative estimate of drug-likeness (QED) is 0.0348. The first-order chi connectivity index (χ1) is 27.4. The van der Waals surface area contributed by atoms with Gasteiger partial charge in [-0.25, -0.2) is 0 Å². The van der Waals surface area contributed by atoms with E-state index in [1.165, 1.54) is 174 Å². The fraction of sp³-hybridized carbons (Fsp3) is 0.880. The summed E-state index contributed by atoms with van der Waals surface area (Å²) in [6.45, 7) is 14.6. The van der Waals surface area contributed by atoms with Crippen LogP contribution in [0.1, 0.15) is 220 Å². The summed E-state index contributed by atoms with van der Waals surface area (Å²) in [5.41, 5.74) is 0. The zero-order valence-electron chi connectivity index (χ0n) is 38.4. The Morgan fingerprint density at radius 3 is 1.11 bits per heavy atom. The van der Waals surface area contributed by atoms with Crippen LogP contribution in [-0.4, -0.2) is 75.2 Å². The molecule has 0 atom stereocenters. The van der Waals surface area contributed by atoms with Gasteiger partial charge in [0.25, 0.3) is 0 Å². The van der Waals surface area contributed by atoms with Crippen molar-refractivity contribution in [2.75, 3.05) is 53.5 Å². The van der Waals surface area contributed by atoms with Gasteiger partial charge in [0.1, 0.15) is 13.2 Å². The molecule has 0 aliphatic heterocycles. The van der Waals surface area contributed by atoms with Crippen molar-refractivity contribution in [2.24, 2.45) is 11.8 Å². The first-order valence-electron chi connectivity index (χ1n) is 24.4. The highest BCUT2D eigenvalue weighted by molar-refractivity contribution is 5.69. The van der Waals surface area contributed by atoms with E-state index in [1.807, 2.05) is 0 Å². The van der Waals surface area contributed by atoms with Crippen molar-refractivity contribution in [2.45, 2.75) is 220 Å². The van der Waals surface area contributed by atoms with Gasteiger partial charge in [0.05, 0.1) is 0 Å². The monoisotopic (exact) mass is 789 g/mol. The van der Waals surface area contributed by atoms with E-state index in [0.29, 0.717) is 37.9 Å².